The zero-order valence-electron chi connectivity index (χ0n) is 57.6. The van der Waals surface area contributed by atoms with Gasteiger partial charge in [-0.25, -0.2) is 9.59 Å². The average Bonchev–Trinajstić information content (AvgIpc) is 1.38. The van der Waals surface area contributed by atoms with E-state index in [4.69, 9.17) is 80.5 Å². The fourth-order valence-corrected chi connectivity index (χ4v) is 17.7. The molecule has 1 aromatic heterocycles. The molecule has 25 heteroatoms. The maximum Gasteiger partial charge on any atom is 0.340 e. The molecular formula is C71H103NO24. The van der Waals surface area contributed by atoms with E-state index in [1.54, 1.807) is 67.4 Å². The molecule has 25 nitrogen and oxygen atoms in total. The summed E-state index contributed by atoms with van der Waals surface area (Å²) in [4.78, 5) is 31.6. The van der Waals surface area contributed by atoms with E-state index in [2.05, 4.69) is 11.9 Å². The number of aliphatic hydroxyl groups excluding tert-OH is 2. The van der Waals surface area contributed by atoms with Crippen LogP contribution >= 0.6 is 0 Å². The first-order chi connectivity index (χ1) is 45.8. The minimum atomic E-state index is -2.02. The molecule has 0 unspecified atom stereocenters. The number of ether oxygens (including phenoxy) is 17. The van der Waals surface area contributed by atoms with E-state index in [0.717, 1.165) is 11.1 Å². The fourth-order valence-electron chi connectivity index (χ4n) is 17.7. The molecule has 6 heterocycles. The van der Waals surface area contributed by atoms with Crippen molar-refractivity contribution in [2.24, 2.45) is 16.7 Å². The highest BCUT2D eigenvalue weighted by molar-refractivity contribution is 5.89. The molecule has 0 radical (unpaired) electrons. The van der Waals surface area contributed by atoms with Crippen LogP contribution in [0.15, 0.2) is 72.6 Å². The second-order valence-electron chi connectivity index (χ2n) is 28.4. The lowest BCUT2D eigenvalue weighted by Crippen LogP contribution is -2.78. The van der Waals surface area contributed by atoms with Gasteiger partial charge in [0, 0.05) is 85.6 Å². The number of aliphatic hydroxyl groups is 5. The highest BCUT2D eigenvalue weighted by atomic mass is 16.8. The van der Waals surface area contributed by atoms with Crippen LogP contribution in [0.2, 0.25) is 0 Å². The Bertz CT molecular complexity index is 2990. The molecule has 4 aliphatic carbocycles. The Morgan fingerprint density at radius 1 is 0.615 bits per heavy atom. The number of carbonyl (C=O) groups is 2. The lowest BCUT2D eigenvalue weighted by Gasteiger charge is -2.67. The van der Waals surface area contributed by atoms with Gasteiger partial charge in [-0.1, -0.05) is 55.8 Å². The van der Waals surface area contributed by atoms with E-state index in [-0.39, 0.29) is 43.8 Å². The number of hydrogen-bond donors (Lipinski definition) is 5. The van der Waals surface area contributed by atoms with Gasteiger partial charge >= 0.3 is 11.9 Å². The molecule has 96 heavy (non-hydrogen) atoms. The summed E-state index contributed by atoms with van der Waals surface area (Å²) < 4.78 is 107. The molecule has 0 bridgehead atoms. The Morgan fingerprint density at radius 3 is 1.66 bits per heavy atom. The SMILES string of the molecule is CO[C@@H]1[C@@H](O)[C@H](O[C@@H]2[C@@H](C)O[C@@H](O[C@@H]3[C@@H](C)O[C@@H](O[C@H]4[C@@H](OC)C[C@H](O[C@H]5[C@@H](OC)C[C@H](O[C@H]6CC[C@@]7(C)C(=CC[C@]8(O)[C@@H]7C[C@@H](OC(=O)/C=C/c7ccccc7)[C@@]7(C)[C@@]8(O)CC[C@@]7(O)[C@H](C)OC(=O)c7cccnc7)C6)O[C@@H]5C)O[C@@H]4C)C[C@H]3OC)C[C@H]2OC)O[C@H](C)[C@H]1O. The summed E-state index contributed by atoms with van der Waals surface area (Å²) in [7, 11) is 7.87. The van der Waals surface area contributed by atoms with Gasteiger partial charge in [0.15, 0.2) is 31.5 Å². The summed E-state index contributed by atoms with van der Waals surface area (Å²) in [5, 5.41) is 61.4. The van der Waals surface area contributed by atoms with E-state index >= 15 is 0 Å². The van der Waals surface area contributed by atoms with Gasteiger partial charge in [-0.05, 0) is 116 Å². The molecule has 2 aromatic rings. The molecule has 536 valence electrons. The molecule has 11 rings (SSSR count). The zero-order chi connectivity index (χ0) is 68.8. The van der Waals surface area contributed by atoms with Gasteiger partial charge in [0.2, 0.25) is 0 Å². The van der Waals surface area contributed by atoms with Gasteiger partial charge in [0.05, 0.1) is 72.0 Å². The molecule has 5 aliphatic heterocycles. The normalized spacial score (nSPS) is 46.0. The van der Waals surface area contributed by atoms with Crippen LogP contribution in [-0.4, -0.2) is 242 Å². The predicted molar refractivity (Wildman–Crippen MR) is 340 cm³/mol. The number of pyridine rings is 1. The highest BCUT2D eigenvalue weighted by Crippen LogP contribution is 2.71. The molecule has 8 fully saturated rings. The monoisotopic (exact) mass is 1350 g/mol. The number of methoxy groups -OCH3 is 5. The second-order valence-corrected chi connectivity index (χ2v) is 28.4. The molecule has 30 atom stereocenters. The topological polar surface area (TPSA) is 305 Å². The van der Waals surface area contributed by atoms with E-state index in [0.29, 0.717) is 38.5 Å². The largest absolute Gasteiger partial charge is 0.458 e. The molecule has 1 aromatic carbocycles. The fraction of sp³-hybridized carbons (Fsp3) is 0.761. The van der Waals surface area contributed by atoms with Crippen molar-refractivity contribution in [3.8, 4) is 0 Å². The third kappa shape index (κ3) is 13.8. The van der Waals surface area contributed by atoms with Gasteiger partial charge in [-0.2, -0.15) is 0 Å². The summed E-state index contributed by atoms with van der Waals surface area (Å²) >= 11 is 0. The zero-order valence-corrected chi connectivity index (χ0v) is 57.6. The standard InChI is InChI=1S/C71H103NO24/c1-37-58(74)64(84-13)59(75)66(89-37)96-63-41(5)88-57(34-50(63)83-12)95-62-40(4)87-56(33-49(62)82-11)94-61-39(3)86-55(32-48(61)81-10)93-60-38(2)85-54(31-47(60)80-9)91-46-24-25-67(7)45(30-46)23-26-70(78)51(67)35-52(92-53(73)22-21-43-18-15-14-16-19-43)68(8)69(77,27-28-71(68,70)79)42(6)90-65(76)44-20-17-29-72-36-44/h14-23,29,36-42,46-52,54-64,66,74-75,77-79H,24-28,30-35H2,1-13H3/b22-21+/t37-,38-,39-,40-,41-,42+,46+,47+,48+,49-,50-,51-,52-,54+,55+,56+,57+,58-,59-,60-,61-,62-,63-,64+,66+,67+,68-,69-,70+,71+/m1/s1. The van der Waals surface area contributed by atoms with Crippen LogP contribution in [-0.2, 0) is 85.3 Å². The van der Waals surface area contributed by atoms with Crippen molar-refractivity contribution >= 4 is 18.0 Å². The number of nitrogens with zero attached hydrogens (tertiary/aromatic N) is 1. The third-order valence-corrected chi connectivity index (χ3v) is 23.2. The summed E-state index contributed by atoms with van der Waals surface area (Å²) in [6, 6.07) is 12.5. The number of carbonyl (C=O) groups excluding carboxylic acids is 2. The smallest absolute Gasteiger partial charge is 0.340 e. The Labute approximate surface area is 562 Å². The van der Waals surface area contributed by atoms with Gasteiger partial charge < -0.3 is 106 Å². The number of rotatable bonds is 21. The number of benzene rings is 1. The minimum Gasteiger partial charge on any atom is -0.458 e. The van der Waals surface area contributed by atoms with Crippen LogP contribution in [0.1, 0.15) is 142 Å². The van der Waals surface area contributed by atoms with Crippen molar-refractivity contribution < 1.29 is 116 Å². The van der Waals surface area contributed by atoms with Crippen LogP contribution in [0.3, 0.4) is 0 Å². The highest BCUT2D eigenvalue weighted by Gasteiger charge is 2.81. The number of hydrogen-bond acceptors (Lipinski definition) is 25. The Balaban J connectivity index is 0.694. The summed E-state index contributed by atoms with van der Waals surface area (Å²) in [6.45, 7) is 14.6. The Hall–Kier alpha value is -4.01. The molecular weight excluding hydrogens is 1250 g/mol. The Morgan fingerprint density at radius 2 is 1.15 bits per heavy atom. The molecule has 5 saturated heterocycles. The van der Waals surface area contributed by atoms with E-state index < -0.39 is 187 Å². The first kappa shape index (κ1) is 73.2. The maximum atomic E-state index is 14.0. The van der Waals surface area contributed by atoms with Crippen LogP contribution in [0.5, 0.6) is 0 Å². The van der Waals surface area contributed by atoms with Gasteiger partial charge in [-0.3, -0.25) is 4.98 Å². The van der Waals surface area contributed by atoms with Crippen molar-refractivity contribution in [2.75, 3.05) is 35.5 Å². The van der Waals surface area contributed by atoms with Crippen LogP contribution in [0.25, 0.3) is 6.08 Å². The number of fused-ring (bicyclic) bond motifs is 5. The predicted octanol–water partition coefficient (Wildman–Crippen LogP) is 5.79. The molecule has 9 aliphatic rings. The maximum absolute atomic E-state index is 14.0. The minimum absolute atomic E-state index is 0.0522. The van der Waals surface area contributed by atoms with Crippen molar-refractivity contribution in [2.45, 2.75) is 290 Å². The van der Waals surface area contributed by atoms with Gasteiger partial charge in [0.1, 0.15) is 71.7 Å². The van der Waals surface area contributed by atoms with E-state index in [9.17, 15) is 35.1 Å². The van der Waals surface area contributed by atoms with Crippen LogP contribution < -0.4 is 0 Å². The molecule has 0 amide bonds. The quantitative estimate of drug-likeness (QED) is 0.0561. The third-order valence-electron chi connectivity index (χ3n) is 23.2. The summed E-state index contributed by atoms with van der Waals surface area (Å²) in [6.07, 6.45) is -5.71. The van der Waals surface area contributed by atoms with Crippen molar-refractivity contribution in [1.29, 1.82) is 0 Å². The Kier molecular flexibility index (Phi) is 22.8. The van der Waals surface area contributed by atoms with Crippen LogP contribution in [0, 0.1) is 16.7 Å². The molecule has 5 N–H and O–H groups in total. The van der Waals surface area contributed by atoms with Crippen molar-refractivity contribution in [3.63, 3.8) is 0 Å². The van der Waals surface area contributed by atoms with Crippen molar-refractivity contribution in [1.82, 2.24) is 4.98 Å². The lowest BCUT2D eigenvalue weighted by atomic mass is 9.42. The second kappa shape index (κ2) is 29.9. The number of esters is 2. The van der Waals surface area contributed by atoms with E-state index in [1.165, 1.54) is 25.6 Å². The van der Waals surface area contributed by atoms with Crippen molar-refractivity contribution in [3.05, 3.63) is 83.7 Å². The van der Waals surface area contributed by atoms with Crippen LogP contribution in [0.4, 0.5) is 0 Å². The molecule has 0 spiro atoms. The summed E-state index contributed by atoms with van der Waals surface area (Å²) in [5.41, 5.74) is -6.20. The van der Waals surface area contributed by atoms with E-state index in [1.807, 2.05) is 64.1 Å². The first-order valence-electron chi connectivity index (χ1n) is 34.2. The molecule has 3 saturated carbocycles. The summed E-state index contributed by atoms with van der Waals surface area (Å²) in [5.74, 6) is -2.04. The first-order valence-corrected chi connectivity index (χ1v) is 34.2. The average molecular weight is 1350 g/mol. The lowest BCUT2D eigenvalue weighted by molar-refractivity contribution is -0.358. The van der Waals surface area contributed by atoms with Gasteiger partial charge in [-0.15, -0.1) is 0 Å². The van der Waals surface area contributed by atoms with Gasteiger partial charge in [0.25, 0.3) is 0 Å². The number of aromatic nitrogens is 1.